The van der Waals surface area contributed by atoms with E-state index in [2.05, 4.69) is 224 Å². The van der Waals surface area contributed by atoms with Crippen molar-refractivity contribution in [1.82, 2.24) is 4.57 Å². The van der Waals surface area contributed by atoms with E-state index < -0.39 is 0 Å². The minimum atomic E-state index is -0.101. The summed E-state index contributed by atoms with van der Waals surface area (Å²) in [5, 5.41) is 11.2. The lowest BCUT2D eigenvalue weighted by Crippen LogP contribution is -2.14. The molecule has 0 bridgehead atoms. The van der Waals surface area contributed by atoms with E-state index in [1.54, 1.807) is 0 Å². The molecule has 2 heteroatoms. The van der Waals surface area contributed by atoms with Crippen LogP contribution in [-0.2, 0) is 5.41 Å². The van der Waals surface area contributed by atoms with Crippen molar-refractivity contribution in [2.45, 2.75) is 19.3 Å². The fraction of sp³-hybridized carbons (Fsp3) is 0.0566. The molecule has 0 aliphatic heterocycles. The van der Waals surface area contributed by atoms with E-state index in [1.807, 2.05) is 0 Å². The fourth-order valence-electron chi connectivity index (χ4n) is 8.66. The quantitative estimate of drug-likeness (QED) is 0.182. The number of allylic oxidation sites excluding steroid dienone is 4. The number of fused-ring (bicyclic) bond motifs is 7. The maximum Gasteiger partial charge on any atom is 0.0561 e. The van der Waals surface area contributed by atoms with Crippen LogP contribution in [0.1, 0.15) is 30.5 Å². The minimum Gasteiger partial charge on any atom is -0.362 e. The number of nitrogens with zero attached hydrogens (tertiary/aromatic N) is 1. The molecular weight excluding hydrogens is 665 g/mol. The Bertz CT molecular complexity index is 3010. The summed E-state index contributed by atoms with van der Waals surface area (Å²) in [6.07, 6.45) is 8.81. The molecule has 1 heterocycles. The van der Waals surface area contributed by atoms with Crippen molar-refractivity contribution in [3.8, 4) is 16.8 Å². The van der Waals surface area contributed by atoms with Gasteiger partial charge in [-0.15, -0.1) is 0 Å². The highest BCUT2D eigenvalue weighted by molar-refractivity contribution is 6.21. The van der Waals surface area contributed by atoms with Gasteiger partial charge in [-0.2, -0.15) is 0 Å². The van der Waals surface area contributed by atoms with Crippen molar-refractivity contribution < 1.29 is 0 Å². The Morgan fingerprint density at radius 1 is 0.545 bits per heavy atom. The summed E-state index contributed by atoms with van der Waals surface area (Å²) in [7, 11) is 0. The van der Waals surface area contributed by atoms with Crippen molar-refractivity contribution in [1.29, 1.82) is 0 Å². The maximum atomic E-state index is 3.62. The van der Waals surface area contributed by atoms with Crippen LogP contribution in [0.2, 0.25) is 0 Å². The summed E-state index contributed by atoms with van der Waals surface area (Å²) >= 11 is 0. The molecule has 2 nitrogen and oxygen atoms in total. The second kappa shape index (κ2) is 13.2. The first-order valence-electron chi connectivity index (χ1n) is 19.1. The van der Waals surface area contributed by atoms with E-state index in [9.17, 15) is 0 Å². The predicted molar refractivity (Wildman–Crippen MR) is 236 cm³/mol. The van der Waals surface area contributed by atoms with E-state index in [-0.39, 0.29) is 5.41 Å². The molecule has 1 aliphatic carbocycles. The van der Waals surface area contributed by atoms with Crippen LogP contribution in [0, 0.1) is 0 Å². The number of hydrogen-bond acceptors (Lipinski definition) is 1. The van der Waals surface area contributed by atoms with Crippen molar-refractivity contribution in [3.63, 3.8) is 0 Å². The van der Waals surface area contributed by atoms with Gasteiger partial charge in [0.05, 0.1) is 11.0 Å². The average molecular weight is 705 g/mol. The third-order valence-corrected chi connectivity index (χ3v) is 11.4. The van der Waals surface area contributed by atoms with Crippen molar-refractivity contribution in [2.75, 3.05) is 5.32 Å². The molecule has 1 aromatic heterocycles. The standard InChI is InChI=1S/C53H40N2/c1-53(2)48-21-11-10-19-45(48)46(49(53)33-36-13-4-3-5-14-36)20-12-32-54-42-27-30-47-51(35-42)55(50-31-26-39-16-8-9-18-44(39)52(47)50)43-28-24-38(25-29-43)41-23-22-37-15-6-7-17-40(37)34-41/h3-35,54H,1-2H3/b32-12+,46-20-,49-33+. The van der Waals surface area contributed by atoms with Gasteiger partial charge in [-0.3, -0.25) is 0 Å². The number of benzene rings is 8. The molecule has 0 radical (unpaired) electrons. The Morgan fingerprint density at radius 3 is 2.11 bits per heavy atom. The van der Waals surface area contributed by atoms with E-state index in [4.69, 9.17) is 0 Å². The third kappa shape index (κ3) is 5.66. The first-order valence-corrected chi connectivity index (χ1v) is 19.1. The molecule has 1 N–H and O–H groups in total. The van der Waals surface area contributed by atoms with Gasteiger partial charge >= 0.3 is 0 Å². The van der Waals surface area contributed by atoms with Crippen LogP contribution in [0.5, 0.6) is 0 Å². The summed E-state index contributed by atoms with van der Waals surface area (Å²) < 4.78 is 2.41. The molecule has 9 aromatic rings. The molecule has 0 spiro atoms. The SMILES string of the molecule is CC1(C)C(=C/c2ccccc2)/C(=C\C=C\Nc2ccc3c4c5ccccc5ccc4n(-c4ccc(-c5ccc6ccccc6c5)cc4)c3c2)c2ccccc21. The Balaban J connectivity index is 1.04. The Kier molecular flexibility index (Phi) is 7.85. The van der Waals surface area contributed by atoms with Crippen LogP contribution in [0.25, 0.3) is 71.8 Å². The molecule has 0 atom stereocenters. The number of rotatable bonds is 6. The number of aromatic nitrogens is 1. The molecule has 10 rings (SSSR count). The normalized spacial score (nSPS) is 15.2. The van der Waals surface area contributed by atoms with Crippen LogP contribution < -0.4 is 5.32 Å². The maximum absolute atomic E-state index is 3.62. The lowest BCUT2D eigenvalue weighted by Gasteiger charge is -2.22. The lowest BCUT2D eigenvalue weighted by atomic mass is 9.81. The van der Waals surface area contributed by atoms with Crippen LogP contribution in [-0.4, -0.2) is 4.57 Å². The Labute approximate surface area is 322 Å². The summed E-state index contributed by atoms with van der Waals surface area (Å²) in [5.74, 6) is 0. The highest BCUT2D eigenvalue weighted by atomic mass is 15.0. The second-order valence-electron chi connectivity index (χ2n) is 15.1. The van der Waals surface area contributed by atoms with Gasteiger partial charge in [0.15, 0.2) is 0 Å². The first-order chi connectivity index (χ1) is 27.0. The van der Waals surface area contributed by atoms with Crippen molar-refractivity contribution in [3.05, 3.63) is 217 Å². The zero-order valence-electron chi connectivity index (χ0n) is 31.0. The topological polar surface area (TPSA) is 17.0 Å². The molecule has 8 aromatic carbocycles. The largest absolute Gasteiger partial charge is 0.362 e. The molecule has 0 unspecified atom stereocenters. The molecule has 55 heavy (non-hydrogen) atoms. The predicted octanol–water partition coefficient (Wildman–Crippen LogP) is 14.1. The number of anilines is 1. The van der Waals surface area contributed by atoms with E-state index in [0.29, 0.717) is 0 Å². The third-order valence-electron chi connectivity index (χ3n) is 11.4. The molecule has 0 saturated carbocycles. The minimum absolute atomic E-state index is 0.101. The fourth-order valence-corrected chi connectivity index (χ4v) is 8.66. The Hall–Kier alpha value is -6.90. The summed E-state index contributed by atoms with van der Waals surface area (Å²) in [6, 6.07) is 63.7. The zero-order chi connectivity index (χ0) is 36.9. The summed E-state index contributed by atoms with van der Waals surface area (Å²) in [6.45, 7) is 4.66. The van der Waals surface area contributed by atoms with Crippen molar-refractivity contribution >= 4 is 60.7 Å². The lowest BCUT2D eigenvalue weighted by molar-refractivity contribution is 0.665. The van der Waals surface area contributed by atoms with Gasteiger partial charge < -0.3 is 9.88 Å². The summed E-state index contributed by atoms with van der Waals surface area (Å²) in [4.78, 5) is 0. The van der Waals surface area contributed by atoms with Gasteiger partial charge in [0.25, 0.3) is 0 Å². The van der Waals surface area contributed by atoms with Crippen LogP contribution >= 0.6 is 0 Å². The Morgan fingerprint density at radius 2 is 1.25 bits per heavy atom. The van der Waals surface area contributed by atoms with Crippen LogP contribution in [0.4, 0.5) is 5.69 Å². The van der Waals surface area contributed by atoms with Crippen LogP contribution in [0.15, 0.2) is 200 Å². The van der Waals surface area contributed by atoms with Gasteiger partial charge in [0, 0.05) is 33.8 Å². The molecule has 0 saturated heterocycles. The van der Waals surface area contributed by atoms with E-state index in [1.165, 1.54) is 82.3 Å². The number of hydrogen-bond donors (Lipinski definition) is 1. The molecular formula is C53H40N2. The highest BCUT2D eigenvalue weighted by Crippen LogP contribution is 2.50. The number of nitrogens with one attached hydrogen (secondary N) is 1. The molecule has 0 amide bonds. The zero-order valence-corrected chi connectivity index (χ0v) is 31.0. The monoisotopic (exact) mass is 704 g/mol. The van der Waals surface area contributed by atoms with E-state index in [0.717, 1.165) is 11.4 Å². The highest BCUT2D eigenvalue weighted by Gasteiger charge is 2.37. The van der Waals surface area contributed by atoms with Gasteiger partial charge in [-0.25, -0.2) is 0 Å². The molecule has 0 fully saturated rings. The molecule has 262 valence electrons. The summed E-state index contributed by atoms with van der Waals surface area (Å²) in [5.41, 5.74) is 13.3. The first kappa shape index (κ1) is 32.7. The van der Waals surface area contributed by atoms with Crippen LogP contribution in [0.3, 0.4) is 0 Å². The average Bonchev–Trinajstić information content (AvgIpc) is 3.67. The van der Waals surface area contributed by atoms with E-state index >= 15 is 0 Å². The van der Waals surface area contributed by atoms with Gasteiger partial charge in [0.2, 0.25) is 0 Å². The van der Waals surface area contributed by atoms with Gasteiger partial charge in [-0.05, 0) is 103 Å². The second-order valence-corrected chi connectivity index (χ2v) is 15.1. The van der Waals surface area contributed by atoms with Crippen molar-refractivity contribution in [2.24, 2.45) is 0 Å². The van der Waals surface area contributed by atoms with Gasteiger partial charge in [0.1, 0.15) is 0 Å². The molecule has 1 aliphatic rings. The smallest absolute Gasteiger partial charge is 0.0561 e. The van der Waals surface area contributed by atoms with Gasteiger partial charge in [-0.1, -0.05) is 166 Å².